The summed E-state index contributed by atoms with van der Waals surface area (Å²) in [6, 6.07) is 4.39. The molecule has 0 bridgehead atoms. The standard InChI is InChI=1S/C20H23N5OS/c26-19(23-11-7-15(8-12-23)25-14-21-13-22-25)18-16-5-1-2-6-17(16)27-20(18)24-9-3-4-10-24/h3-4,9-10,13-15H,1-2,5-8,11-12H2. The Morgan fingerprint density at radius 2 is 1.89 bits per heavy atom. The number of likely N-dealkylation sites (tertiary alicyclic amines) is 1. The molecular weight excluding hydrogens is 358 g/mol. The molecule has 7 heteroatoms. The molecule has 27 heavy (non-hydrogen) atoms. The Balaban J connectivity index is 1.42. The molecule has 1 fully saturated rings. The number of carbonyl (C=O) groups is 1. The molecule has 0 aromatic carbocycles. The first kappa shape index (κ1) is 16.7. The minimum atomic E-state index is 0.204. The molecule has 1 aliphatic carbocycles. The number of fused-ring (bicyclic) bond motifs is 1. The minimum absolute atomic E-state index is 0.204. The smallest absolute Gasteiger partial charge is 0.257 e. The van der Waals surface area contributed by atoms with Crippen molar-refractivity contribution >= 4 is 17.2 Å². The molecule has 0 spiro atoms. The second-order valence-electron chi connectivity index (χ2n) is 7.38. The van der Waals surface area contributed by atoms with E-state index in [1.54, 1.807) is 24.0 Å². The van der Waals surface area contributed by atoms with Crippen LogP contribution < -0.4 is 0 Å². The van der Waals surface area contributed by atoms with E-state index in [1.807, 2.05) is 34.1 Å². The van der Waals surface area contributed by atoms with Crippen molar-refractivity contribution < 1.29 is 4.79 Å². The molecule has 0 N–H and O–H groups in total. The fourth-order valence-corrected chi connectivity index (χ4v) is 5.67. The highest BCUT2D eigenvalue weighted by molar-refractivity contribution is 7.15. The largest absolute Gasteiger partial charge is 0.338 e. The summed E-state index contributed by atoms with van der Waals surface area (Å²) >= 11 is 1.80. The Hall–Kier alpha value is -2.41. The highest BCUT2D eigenvalue weighted by Gasteiger charge is 2.31. The lowest BCUT2D eigenvalue weighted by atomic mass is 9.94. The van der Waals surface area contributed by atoms with Crippen LogP contribution in [0.15, 0.2) is 37.2 Å². The van der Waals surface area contributed by atoms with E-state index in [9.17, 15) is 4.79 Å². The first-order valence-corrected chi connectivity index (χ1v) is 10.5. The number of amides is 1. The first-order valence-electron chi connectivity index (χ1n) is 9.72. The molecule has 3 aromatic rings. The van der Waals surface area contributed by atoms with E-state index < -0.39 is 0 Å². The lowest BCUT2D eigenvalue weighted by Gasteiger charge is -2.32. The molecule has 4 heterocycles. The number of aryl methyl sites for hydroxylation is 1. The minimum Gasteiger partial charge on any atom is -0.338 e. The van der Waals surface area contributed by atoms with Gasteiger partial charge >= 0.3 is 0 Å². The van der Waals surface area contributed by atoms with Crippen molar-refractivity contribution in [1.29, 1.82) is 0 Å². The van der Waals surface area contributed by atoms with Crippen LogP contribution in [0.1, 0.15) is 52.5 Å². The number of nitrogens with zero attached hydrogens (tertiary/aromatic N) is 5. The van der Waals surface area contributed by atoms with Crippen molar-refractivity contribution in [1.82, 2.24) is 24.2 Å². The van der Waals surface area contributed by atoms with Gasteiger partial charge in [-0.1, -0.05) is 0 Å². The summed E-state index contributed by atoms with van der Waals surface area (Å²) in [4.78, 5) is 21.0. The Labute approximate surface area is 162 Å². The Kier molecular flexibility index (Phi) is 4.32. The van der Waals surface area contributed by atoms with Crippen molar-refractivity contribution in [3.05, 3.63) is 53.2 Å². The summed E-state index contributed by atoms with van der Waals surface area (Å²) in [6.07, 6.45) is 13.9. The average Bonchev–Trinajstić information content (AvgIpc) is 3.48. The molecular formula is C20H23N5OS. The number of rotatable bonds is 3. The lowest BCUT2D eigenvalue weighted by Crippen LogP contribution is -2.39. The molecule has 1 amide bonds. The van der Waals surface area contributed by atoms with E-state index in [4.69, 9.17) is 0 Å². The molecule has 6 nitrogen and oxygen atoms in total. The van der Waals surface area contributed by atoms with Crippen molar-refractivity contribution in [3.63, 3.8) is 0 Å². The quantitative estimate of drug-likeness (QED) is 0.698. The number of hydrogen-bond acceptors (Lipinski definition) is 4. The highest BCUT2D eigenvalue weighted by Crippen LogP contribution is 2.38. The predicted octanol–water partition coefficient (Wildman–Crippen LogP) is 3.49. The van der Waals surface area contributed by atoms with Crippen molar-refractivity contribution in [2.45, 2.75) is 44.6 Å². The third kappa shape index (κ3) is 3.00. The molecule has 0 saturated carbocycles. The van der Waals surface area contributed by atoms with Crippen LogP contribution in [-0.2, 0) is 12.8 Å². The fourth-order valence-electron chi connectivity index (χ4n) is 4.32. The molecule has 0 radical (unpaired) electrons. The van der Waals surface area contributed by atoms with E-state index >= 15 is 0 Å². The van der Waals surface area contributed by atoms with Crippen molar-refractivity contribution in [3.8, 4) is 5.00 Å². The monoisotopic (exact) mass is 381 g/mol. The maximum absolute atomic E-state index is 13.5. The van der Waals surface area contributed by atoms with Crippen LogP contribution in [-0.4, -0.2) is 43.2 Å². The summed E-state index contributed by atoms with van der Waals surface area (Å²) in [6.45, 7) is 1.55. The third-order valence-electron chi connectivity index (χ3n) is 5.77. The maximum atomic E-state index is 13.5. The summed E-state index contributed by atoms with van der Waals surface area (Å²) in [7, 11) is 0. The van der Waals surface area contributed by atoms with Crippen molar-refractivity contribution in [2.24, 2.45) is 0 Å². The second-order valence-corrected chi connectivity index (χ2v) is 8.46. The fraction of sp³-hybridized carbons (Fsp3) is 0.450. The molecule has 3 aromatic heterocycles. The van der Waals surface area contributed by atoms with Gasteiger partial charge < -0.3 is 9.47 Å². The number of hydrogen-bond donors (Lipinski definition) is 0. The number of thiophene rings is 1. The topological polar surface area (TPSA) is 56.0 Å². The van der Waals surface area contributed by atoms with Crippen LogP contribution in [0.5, 0.6) is 0 Å². The lowest BCUT2D eigenvalue weighted by molar-refractivity contribution is 0.0689. The van der Waals surface area contributed by atoms with Crippen LogP contribution in [0.3, 0.4) is 0 Å². The Morgan fingerprint density at radius 1 is 1.11 bits per heavy atom. The Morgan fingerprint density at radius 3 is 2.63 bits per heavy atom. The van der Waals surface area contributed by atoms with Gasteiger partial charge in [-0.05, 0) is 56.2 Å². The summed E-state index contributed by atoms with van der Waals surface area (Å²) in [5.74, 6) is 0.204. The van der Waals surface area contributed by atoms with Gasteiger partial charge in [-0.25, -0.2) is 9.67 Å². The summed E-state index contributed by atoms with van der Waals surface area (Å²) in [5, 5.41) is 5.36. The highest BCUT2D eigenvalue weighted by atomic mass is 32.1. The second kappa shape index (κ2) is 6.96. The molecule has 1 aliphatic heterocycles. The maximum Gasteiger partial charge on any atom is 0.257 e. The zero-order valence-corrected chi connectivity index (χ0v) is 16.1. The van der Waals surface area contributed by atoms with Gasteiger partial charge in [0.1, 0.15) is 17.7 Å². The van der Waals surface area contributed by atoms with Crippen LogP contribution in [0.4, 0.5) is 0 Å². The molecule has 0 unspecified atom stereocenters. The van der Waals surface area contributed by atoms with Crippen molar-refractivity contribution in [2.75, 3.05) is 13.1 Å². The zero-order chi connectivity index (χ0) is 18.2. The van der Waals surface area contributed by atoms with Crippen LogP contribution in [0.25, 0.3) is 5.00 Å². The van der Waals surface area contributed by atoms with E-state index in [-0.39, 0.29) is 5.91 Å². The van der Waals surface area contributed by atoms with E-state index in [0.717, 1.165) is 49.3 Å². The van der Waals surface area contributed by atoms with E-state index in [1.165, 1.54) is 23.3 Å². The first-order chi connectivity index (χ1) is 13.3. The molecule has 1 saturated heterocycles. The third-order valence-corrected chi connectivity index (χ3v) is 7.07. The van der Waals surface area contributed by atoms with Gasteiger partial charge in [0.15, 0.2) is 0 Å². The summed E-state index contributed by atoms with van der Waals surface area (Å²) < 4.78 is 4.04. The SMILES string of the molecule is O=C(c1c(-n2cccc2)sc2c1CCCC2)N1CCC(n2cncn2)CC1. The van der Waals surface area contributed by atoms with Gasteiger partial charge in [0.05, 0.1) is 11.6 Å². The van der Waals surface area contributed by atoms with E-state index in [2.05, 4.69) is 14.6 Å². The Bertz CT molecular complexity index is 920. The summed E-state index contributed by atoms with van der Waals surface area (Å²) in [5.41, 5.74) is 2.25. The van der Waals surface area contributed by atoms with Gasteiger partial charge in [0.2, 0.25) is 0 Å². The van der Waals surface area contributed by atoms with Gasteiger partial charge in [-0.3, -0.25) is 4.79 Å². The molecule has 2 aliphatic rings. The number of carbonyl (C=O) groups excluding carboxylic acids is 1. The van der Waals surface area contributed by atoms with Gasteiger partial charge in [-0.15, -0.1) is 11.3 Å². The normalized spacial score (nSPS) is 17.9. The van der Waals surface area contributed by atoms with Gasteiger partial charge in [0.25, 0.3) is 5.91 Å². The number of piperidine rings is 1. The number of aromatic nitrogens is 4. The zero-order valence-electron chi connectivity index (χ0n) is 15.3. The average molecular weight is 382 g/mol. The molecule has 140 valence electrons. The van der Waals surface area contributed by atoms with Crippen LogP contribution in [0.2, 0.25) is 0 Å². The van der Waals surface area contributed by atoms with E-state index in [0.29, 0.717) is 6.04 Å². The molecule has 5 rings (SSSR count). The van der Waals surface area contributed by atoms with Gasteiger partial charge in [-0.2, -0.15) is 5.10 Å². The van der Waals surface area contributed by atoms with Crippen LogP contribution >= 0.6 is 11.3 Å². The van der Waals surface area contributed by atoms with Gasteiger partial charge in [0, 0.05) is 30.4 Å². The molecule has 0 atom stereocenters. The predicted molar refractivity (Wildman–Crippen MR) is 104 cm³/mol. The van der Waals surface area contributed by atoms with Crippen LogP contribution in [0, 0.1) is 0 Å².